The lowest BCUT2D eigenvalue weighted by Crippen LogP contribution is -2.03. The zero-order chi connectivity index (χ0) is 19.4. The summed E-state index contributed by atoms with van der Waals surface area (Å²) in [4.78, 5) is 16.2. The Labute approximate surface area is 157 Å². The summed E-state index contributed by atoms with van der Waals surface area (Å²) in [5.41, 5.74) is 4.48. The van der Waals surface area contributed by atoms with Crippen molar-refractivity contribution in [1.82, 2.24) is 4.57 Å². The van der Waals surface area contributed by atoms with E-state index in [-0.39, 0.29) is 11.8 Å². The molecule has 0 fully saturated rings. The number of aliphatic imine (C=N–C) groups is 1. The zero-order valence-electron chi connectivity index (χ0n) is 15.6. The lowest BCUT2D eigenvalue weighted by Gasteiger charge is -2.10. The van der Waals surface area contributed by atoms with Crippen LogP contribution in [0.5, 0.6) is 0 Å². The number of carbonyl (C=O) groups is 1. The SMILES string of the molecule is CCOC(=O)c1ccc(N=Cc2cc(C)n(-c3ccccc3F)c2C)cc1. The summed E-state index contributed by atoms with van der Waals surface area (Å²) in [6.07, 6.45) is 1.75. The Morgan fingerprint density at radius 3 is 2.52 bits per heavy atom. The maximum atomic E-state index is 14.2. The molecule has 0 atom stereocenters. The number of carbonyl (C=O) groups excluding carboxylic acids is 1. The molecule has 4 nitrogen and oxygen atoms in total. The number of para-hydroxylation sites is 1. The first-order valence-corrected chi connectivity index (χ1v) is 8.76. The van der Waals surface area contributed by atoms with Crippen LogP contribution in [0.2, 0.25) is 0 Å². The van der Waals surface area contributed by atoms with Gasteiger partial charge in [0, 0.05) is 23.2 Å². The third kappa shape index (κ3) is 3.97. The molecule has 0 spiro atoms. The second-order valence-electron chi connectivity index (χ2n) is 6.14. The topological polar surface area (TPSA) is 43.6 Å². The predicted molar refractivity (Wildman–Crippen MR) is 105 cm³/mol. The van der Waals surface area contributed by atoms with Gasteiger partial charge in [-0.25, -0.2) is 9.18 Å². The number of halogens is 1. The van der Waals surface area contributed by atoms with Crippen molar-refractivity contribution < 1.29 is 13.9 Å². The molecule has 0 aliphatic rings. The molecule has 5 heteroatoms. The molecule has 3 aromatic rings. The van der Waals surface area contributed by atoms with Crippen molar-refractivity contribution in [3.05, 3.63) is 82.9 Å². The maximum absolute atomic E-state index is 14.2. The van der Waals surface area contributed by atoms with E-state index < -0.39 is 0 Å². The second-order valence-corrected chi connectivity index (χ2v) is 6.14. The van der Waals surface area contributed by atoms with Crippen molar-refractivity contribution in [2.45, 2.75) is 20.8 Å². The van der Waals surface area contributed by atoms with Crippen LogP contribution in [0.1, 0.15) is 34.2 Å². The monoisotopic (exact) mass is 364 g/mol. The van der Waals surface area contributed by atoms with E-state index in [4.69, 9.17) is 4.74 Å². The van der Waals surface area contributed by atoms with E-state index in [0.717, 1.165) is 22.6 Å². The summed E-state index contributed by atoms with van der Waals surface area (Å²) in [7, 11) is 0. The van der Waals surface area contributed by atoms with Crippen LogP contribution >= 0.6 is 0 Å². The van der Waals surface area contributed by atoms with Gasteiger partial charge in [0.15, 0.2) is 0 Å². The van der Waals surface area contributed by atoms with Crippen molar-refractivity contribution in [1.29, 1.82) is 0 Å². The second kappa shape index (κ2) is 7.99. The van der Waals surface area contributed by atoms with Crippen molar-refractivity contribution in [2.24, 2.45) is 4.99 Å². The van der Waals surface area contributed by atoms with Crippen LogP contribution in [0, 0.1) is 19.7 Å². The molecule has 1 aromatic heterocycles. The molecule has 138 valence electrons. The Bertz CT molecular complexity index is 988. The van der Waals surface area contributed by atoms with Crippen LogP contribution in [-0.4, -0.2) is 23.4 Å². The van der Waals surface area contributed by atoms with Gasteiger partial charge in [0.1, 0.15) is 5.82 Å². The third-order valence-electron chi connectivity index (χ3n) is 4.29. The fourth-order valence-electron chi connectivity index (χ4n) is 2.96. The number of aryl methyl sites for hydroxylation is 1. The van der Waals surface area contributed by atoms with Crippen LogP contribution in [-0.2, 0) is 4.74 Å². The van der Waals surface area contributed by atoms with Crippen LogP contribution in [0.3, 0.4) is 0 Å². The average molecular weight is 364 g/mol. The molecule has 0 aliphatic carbocycles. The largest absolute Gasteiger partial charge is 0.462 e. The molecule has 0 saturated heterocycles. The van der Waals surface area contributed by atoms with Gasteiger partial charge in [0.2, 0.25) is 0 Å². The van der Waals surface area contributed by atoms with Crippen LogP contribution in [0.15, 0.2) is 59.6 Å². The molecule has 3 rings (SSSR count). The molecule has 0 bridgehead atoms. The number of aromatic nitrogens is 1. The summed E-state index contributed by atoms with van der Waals surface area (Å²) >= 11 is 0. The number of rotatable bonds is 5. The predicted octanol–water partition coefficient (Wildman–Crippen LogP) is 5.16. The van der Waals surface area contributed by atoms with Crippen LogP contribution in [0.4, 0.5) is 10.1 Å². The molecule has 2 aromatic carbocycles. The number of esters is 1. The van der Waals surface area contributed by atoms with E-state index in [2.05, 4.69) is 4.99 Å². The standard InChI is InChI=1S/C22H21FN2O2/c1-4-27-22(26)17-9-11-19(12-10-17)24-14-18-13-15(2)25(16(18)3)21-8-6-5-7-20(21)23/h5-14H,4H2,1-3H3. The van der Waals surface area contributed by atoms with Crippen LogP contribution < -0.4 is 0 Å². The molecule has 0 amide bonds. The zero-order valence-corrected chi connectivity index (χ0v) is 15.6. The highest BCUT2D eigenvalue weighted by Crippen LogP contribution is 2.22. The molecule has 0 radical (unpaired) electrons. The lowest BCUT2D eigenvalue weighted by atomic mass is 10.2. The molecule has 0 N–H and O–H groups in total. The minimum Gasteiger partial charge on any atom is -0.462 e. The molecular formula is C22H21FN2O2. The lowest BCUT2D eigenvalue weighted by molar-refractivity contribution is 0.0526. The first-order valence-electron chi connectivity index (χ1n) is 8.76. The Balaban J connectivity index is 1.85. The van der Waals surface area contributed by atoms with Crippen molar-refractivity contribution in [3.63, 3.8) is 0 Å². The summed E-state index contributed by atoms with van der Waals surface area (Å²) < 4.78 is 21.0. The van der Waals surface area contributed by atoms with Gasteiger partial charge in [-0.15, -0.1) is 0 Å². The number of hydrogen-bond acceptors (Lipinski definition) is 3. The van der Waals surface area contributed by atoms with Crippen molar-refractivity contribution in [2.75, 3.05) is 6.61 Å². The van der Waals surface area contributed by atoms with Crippen LogP contribution in [0.25, 0.3) is 5.69 Å². The van der Waals surface area contributed by atoms with E-state index in [1.165, 1.54) is 6.07 Å². The van der Waals surface area contributed by atoms with Gasteiger partial charge in [-0.05, 0) is 63.2 Å². The highest BCUT2D eigenvalue weighted by atomic mass is 19.1. The normalized spacial score (nSPS) is 11.1. The minimum atomic E-state index is -0.346. The molecule has 1 heterocycles. The van der Waals surface area contributed by atoms with Crippen molar-refractivity contribution >= 4 is 17.9 Å². The fourth-order valence-corrected chi connectivity index (χ4v) is 2.96. The van der Waals surface area contributed by atoms with E-state index in [9.17, 15) is 9.18 Å². The quantitative estimate of drug-likeness (QED) is 0.464. The van der Waals surface area contributed by atoms with Gasteiger partial charge >= 0.3 is 5.97 Å². The number of benzene rings is 2. The van der Waals surface area contributed by atoms with Gasteiger partial charge in [-0.2, -0.15) is 0 Å². The van der Waals surface area contributed by atoms with E-state index in [0.29, 0.717) is 17.9 Å². The highest BCUT2D eigenvalue weighted by molar-refractivity contribution is 5.90. The molecule has 27 heavy (non-hydrogen) atoms. The summed E-state index contributed by atoms with van der Waals surface area (Å²) in [5, 5.41) is 0. The molecular weight excluding hydrogens is 343 g/mol. The van der Waals surface area contributed by atoms with Gasteiger partial charge in [0.05, 0.1) is 23.5 Å². The van der Waals surface area contributed by atoms with E-state index >= 15 is 0 Å². The smallest absolute Gasteiger partial charge is 0.338 e. The summed E-state index contributed by atoms with van der Waals surface area (Å²) in [5.74, 6) is -0.612. The highest BCUT2D eigenvalue weighted by Gasteiger charge is 2.12. The Kier molecular flexibility index (Phi) is 5.50. The first kappa shape index (κ1) is 18.6. The summed E-state index contributed by atoms with van der Waals surface area (Å²) in [6, 6.07) is 15.6. The molecule has 0 aliphatic heterocycles. The number of hydrogen-bond donors (Lipinski definition) is 0. The molecule has 0 unspecified atom stereocenters. The van der Waals surface area contributed by atoms with E-state index in [1.807, 2.05) is 30.5 Å². The minimum absolute atomic E-state index is 0.266. The number of ether oxygens (including phenoxy) is 1. The maximum Gasteiger partial charge on any atom is 0.338 e. The van der Waals surface area contributed by atoms with E-state index in [1.54, 1.807) is 49.5 Å². The fraction of sp³-hybridized carbons (Fsp3) is 0.182. The van der Waals surface area contributed by atoms with Crippen molar-refractivity contribution in [3.8, 4) is 5.69 Å². The number of nitrogens with zero attached hydrogens (tertiary/aromatic N) is 2. The van der Waals surface area contributed by atoms with Gasteiger partial charge in [0.25, 0.3) is 0 Å². The Morgan fingerprint density at radius 2 is 1.85 bits per heavy atom. The molecule has 0 saturated carbocycles. The Morgan fingerprint density at radius 1 is 1.15 bits per heavy atom. The van der Waals surface area contributed by atoms with Gasteiger partial charge in [-0.3, -0.25) is 4.99 Å². The van der Waals surface area contributed by atoms with Gasteiger partial charge in [-0.1, -0.05) is 12.1 Å². The third-order valence-corrected chi connectivity index (χ3v) is 4.29. The van der Waals surface area contributed by atoms with Gasteiger partial charge < -0.3 is 9.30 Å². The summed E-state index contributed by atoms with van der Waals surface area (Å²) in [6.45, 7) is 5.99. The first-order chi connectivity index (χ1) is 13.0. The average Bonchev–Trinajstić information content (AvgIpc) is 2.95. The Hall–Kier alpha value is -3.21.